The van der Waals surface area contributed by atoms with Crippen molar-refractivity contribution >= 4 is 49.4 Å². The summed E-state index contributed by atoms with van der Waals surface area (Å²) in [5, 5.41) is 7.76. The van der Waals surface area contributed by atoms with E-state index in [1.165, 1.54) is 116 Å². The predicted octanol–water partition coefficient (Wildman–Crippen LogP) is 16.8. The lowest BCUT2D eigenvalue weighted by Crippen LogP contribution is -2.36. The largest absolute Gasteiger partial charge is 0.310 e. The summed E-state index contributed by atoms with van der Waals surface area (Å²) in [7, 11) is 0. The van der Waals surface area contributed by atoms with Crippen molar-refractivity contribution in [2.45, 2.75) is 30.6 Å². The number of rotatable bonds is 4. The Morgan fingerprint density at radius 1 is 0.333 bits per heavy atom. The van der Waals surface area contributed by atoms with Crippen LogP contribution in [-0.4, -0.2) is 0 Å². The monoisotopic (exact) mass is 839 g/mol. The van der Waals surface area contributed by atoms with Crippen molar-refractivity contribution in [2.75, 3.05) is 4.90 Å². The van der Waals surface area contributed by atoms with Crippen molar-refractivity contribution in [2.24, 2.45) is 0 Å². The molecule has 1 heterocycles. The number of anilines is 3. The fourth-order valence-electron chi connectivity index (χ4n) is 12.8. The second kappa shape index (κ2) is 13.8. The maximum atomic E-state index is 2.56. The summed E-state index contributed by atoms with van der Waals surface area (Å²) in [4.78, 5) is 2.47. The van der Waals surface area contributed by atoms with Gasteiger partial charge in [-0.1, -0.05) is 214 Å². The first-order valence-electron chi connectivity index (χ1n) is 23.4. The summed E-state index contributed by atoms with van der Waals surface area (Å²) in [6, 6.07) is 87.3. The first kappa shape index (κ1) is 37.4. The Morgan fingerprint density at radius 2 is 0.818 bits per heavy atom. The third kappa shape index (κ3) is 4.90. The van der Waals surface area contributed by atoms with Gasteiger partial charge in [-0.15, -0.1) is 0 Å². The molecule has 0 amide bonds. The number of fused-ring (bicyclic) bond motifs is 18. The van der Waals surface area contributed by atoms with Crippen LogP contribution in [0.3, 0.4) is 0 Å². The van der Waals surface area contributed by atoms with E-state index < -0.39 is 5.41 Å². The molecule has 2 aliphatic carbocycles. The van der Waals surface area contributed by atoms with Crippen molar-refractivity contribution in [1.82, 2.24) is 0 Å². The fourth-order valence-corrected chi connectivity index (χ4v) is 12.8. The van der Waals surface area contributed by atoms with Gasteiger partial charge in [-0.3, -0.25) is 0 Å². The van der Waals surface area contributed by atoms with Crippen LogP contribution in [0.1, 0.15) is 69.8 Å². The average molecular weight is 840 g/mol. The highest BCUT2D eigenvalue weighted by Crippen LogP contribution is 2.65. The predicted molar refractivity (Wildman–Crippen MR) is 276 cm³/mol. The molecule has 0 aromatic heterocycles. The van der Waals surface area contributed by atoms with Crippen LogP contribution in [0.25, 0.3) is 54.6 Å². The molecule has 310 valence electrons. The van der Waals surface area contributed by atoms with Crippen LogP contribution >= 0.6 is 0 Å². The molecule has 0 saturated heterocycles. The van der Waals surface area contributed by atoms with Crippen molar-refractivity contribution < 1.29 is 0 Å². The maximum absolute atomic E-state index is 2.56. The molecule has 0 saturated carbocycles. The second-order valence-electron chi connectivity index (χ2n) is 19.1. The summed E-state index contributed by atoms with van der Waals surface area (Å²) < 4.78 is 0. The molecule has 1 atom stereocenters. The van der Waals surface area contributed by atoms with Gasteiger partial charge in [-0.05, 0) is 135 Å². The highest BCUT2D eigenvalue weighted by molar-refractivity contribution is 6.25. The minimum atomic E-state index is -0.551. The lowest BCUT2D eigenvalue weighted by atomic mass is 9.64. The Balaban J connectivity index is 1.08. The minimum absolute atomic E-state index is 0.0718. The maximum Gasteiger partial charge on any atom is 0.0754 e. The zero-order valence-electron chi connectivity index (χ0n) is 37.0. The topological polar surface area (TPSA) is 3.24 Å². The summed E-state index contributed by atoms with van der Waals surface area (Å²) in [5.41, 5.74) is 20.2. The molecule has 0 fully saturated rings. The van der Waals surface area contributed by atoms with E-state index >= 15 is 0 Å². The summed E-state index contributed by atoms with van der Waals surface area (Å²) in [6.07, 6.45) is 0. The Bertz CT molecular complexity index is 3730. The van der Waals surface area contributed by atoms with Crippen LogP contribution in [0.15, 0.2) is 231 Å². The van der Waals surface area contributed by atoms with E-state index in [0.29, 0.717) is 0 Å². The molecule has 1 aliphatic heterocycles. The van der Waals surface area contributed by atoms with Crippen molar-refractivity contribution in [3.63, 3.8) is 0 Å². The van der Waals surface area contributed by atoms with E-state index in [4.69, 9.17) is 0 Å². The molecule has 66 heavy (non-hydrogen) atoms. The molecular formula is C65H45N. The Hall–Kier alpha value is -8.00. The second-order valence-corrected chi connectivity index (χ2v) is 19.1. The van der Waals surface area contributed by atoms with E-state index in [0.717, 1.165) is 5.69 Å². The van der Waals surface area contributed by atoms with Crippen molar-refractivity contribution in [3.05, 3.63) is 281 Å². The summed E-state index contributed by atoms with van der Waals surface area (Å²) in [5.74, 6) is -0.0718. The lowest BCUT2D eigenvalue weighted by molar-refractivity contribution is 0.659. The highest BCUT2D eigenvalue weighted by atomic mass is 15.2. The molecule has 1 spiro atoms. The highest BCUT2D eigenvalue weighted by Gasteiger charge is 2.52. The Labute approximate surface area is 385 Å². The molecule has 1 nitrogen and oxygen atoms in total. The van der Waals surface area contributed by atoms with Gasteiger partial charge < -0.3 is 4.90 Å². The molecule has 14 rings (SSSR count). The molecule has 1 heteroatoms. The van der Waals surface area contributed by atoms with Crippen LogP contribution in [0.5, 0.6) is 0 Å². The van der Waals surface area contributed by atoms with Gasteiger partial charge in [0.15, 0.2) is 0 Å². The van der Waals surface area contributed by atoms with E-state index in [1.807, 2.05) is 0 Å². The van der Waals surface area contributed by atoms with Crippen LogP contribution < -0.4 is 4.90 Å². The molecule has 0 bridgehead atoms. The van der Waals surface area contributed by atoms with Gasteiger partial charge in [0.2, 0.25) is 0 Å². The van der Waals surface area contributed by atoms with Gasteiger partial charge in [0.25, 0.3) is 0 Å². The SMILES string of the molecule is CC1(C)c2ccccc2-c2ccc(C(c3ccc4c5ccccc5c5ccccc5c4c3)c3cccc4c3-c3ccccc3C43c4ccccc4N(c4ccccc4)c4ccccc43)cc21. The van der Waals surface area contributed by atoms with Crippen LogP contribution in [0.2, 0.25) is 0 Å². The first-order valence-corrected chi connectivity index (χ1v) is 23.4. The van der Waals surface area contributed by atoms with Gasteiger partial charge in [0, 0.05) is 17.0 Å². The van der Waals surface area contributed by atoms with E-state index in [1.54, 1.807) is 0 Å². The quantitative estimate of drug-likeness (QED) is 0.126. The van der Waals surface area contributed by atoms with E-state index in [9.17, 15) is 0 Å². The van der Waals surface area contributed by atoms with Crippen LogP contribution in [0.4, 0.5) is 17.1 Å². The zero-order chi connectivity index (χ0) is 43.7. The average Bonchev–Trinajstić information content (AvgIpc) is 3.80. The standard InChI is InChI=1S/C65H45N/c1-64(2)54-28-12-10-25-49(54)50-38-36-42(40-59(50)64)62(41-35-37-48-46-23-7-6-21-44(46)45-22-8-9-24-47(45)53(48)39-41)52-27-18-32-58-63(52)51-26-11-13-29-55(51)65(58)56-30-14-16-33-60(56)66(43-19-4-3-5-20-43)61-34-17-15-31-57(61)65/h3-40,62H,1-2H3. The summed E-state index contributed by atoms with van der Waals surface area (Å²) >= 11 is 0. The third-order valence-corrected chi connectivity index (χ3v) is 15.6. The molecule has 11 aromatic rings. The number of nitrogens with zero attached hydrogens (tertiary/aromatic N) is 1. The van der Waals surface area contributed by atoms with Gasteiger partial charge in [-0.25, -0.2) is 0 Å². The van der Waals surface area contributed by atoms with Gasteiger partial charge >= 0.3 is 0 Å². The normalized spacial score (nSPS) is 15.0. The van der Waals surface area contributed by atoms with Gasteiger partial charge in [0.05, 0.1) is 16.8 Å². The fraction of sp³-hybridized carbons (Fsp3) is 0.0769. The first-order chi connectivity index (χ1) is 32.5. The molecule has 0 N–H and O–H groups in total. The number of para-hydroxylation sites is 3. The molecule has 0 radical (unpaired) electrons. The Morgan fingerprint density at radius 3 is 1.50 bits per heavy atom. The number of hydrogen-bond donors (Lipinski definition) is 0. The third-order valence-electron chi connectivity index (χ3n) is 15.6. The molecular weight excluding hydrogens is 795 g/mol. The molecule has 1 unspecified atom stereocenters. The summed E-state index contributed by atoms with van der Waals surface area (Å²) in [6.45, 7) is 4.81. The van der Waals surface area contributed by atoms with E-state index in [2.05, 4.69) is 249 Å². The number of benzene rings is 11. The smallest absolute Gasteiger partial charge is 0.0754 e. The van der Waals surface area contributed by atoms with Crippen LogP contribution in [-0.2, 0) is 10.8 Å². The van der Waals surface area contributed by atoms with Crippen molar-refractivity contribution in [1.29, 1.82) is 0 Å². The van der Waals surface area contributed by atoms with Gasteiger partial charge in [0.1, 0.15) is 0 Å². The van der Waals surface area contributed by atoms with Gasteiger partial charge in [-0.2, -0.15) is 0 Å². The minimum Gasteiger partial charge on any atom is -0.310 e. The van der Waals surface area contributed by atoms with Crippen LogP contribution in [0, 0.1) is 0 Å². The lowest BCUT2D eigenvalue weighted by Gasteiger charge is -2.45. The molecule has 3 aliphatic rings. The zero-order valence-corrected chi connectivity index (χ0v) is 37.0. The number of hydrogen-bond acceptors (Lipinski definition) is 1. The molecule has 11 aromatic carbocycles. The van der Waals surface area contributed by atoms with Crippen molar-refractivity contribution in [3.8, 4) is 22.3 Å². The van der Waals surface area contributed by atoms with E-state index in [-0.39, 0.29) is 11.3 Å². The Kier molecular flexibility index (Phi) is 7.79.